The molecular weight excluding hydrogens is 242 g/mol. The molecule has 1 aromatic carbocycles. The van der Waals surface area contributed by atoms with Gasteiger partial charge in [-0.05, 0) is 17.7 Å². The van der Waals surface area contributed by atoms with E-state index in [1.165, 1.54) is 5.56 Å². The Morgan fingerprint density at radius 3 is 2.26 bits per heavy atom. The Morgan fingerprint density at radius 2 is 1.74 bits per heavy atom. The molecule has 0 atom stereocenters. The molecule has 0 bridgehead atoms. The van der Waals surface area contributed by atoms with Crippen LogP contribution in [0.15, 0.2) is 24.3 Å². The number of rotatable bonds is 4. The number of anilines is 1. The van der Waals surface area contributed by atoms with Crippen molar-refractivity contribution in [3.63, 3.8) is 0 Å². The smallest absolute Gasteiger partial charge is 0.246 e. The molecule has 1 aliphatic rings. The molecule has 5 nitrogen and oxygen atoms in total. The normalized spacial score (nSPS) is 15.8. The molecule has 1 saturated heterocycles. The minimum absolute atomic E-state index is 0.231. The van der Waals surface area contributed by atoms with Gasteiger partial charge in [-0.1, -0.05) is 26.0 Å². The van der Waals surface area contributed by atoms with Gasteiger partial charge in [-0.2, -0.15) is 0 Å². The molecule has 5 heteroatoms. The zero-order valence-corrected chi connectivity index (χ0v) is 11.3. The number of imide groups is 1. The van der Waals surface area contributed by atoms with Gasteiger partial charge in [-0.15, -0.1) is 0 Å². The molecule has 1 aliphatic heterocycles. The third-order valence-electron chi connectivity index (χ3n) is 2.96. The summed E-state index contributed by atoms with van der Waals surface area (Å²) < 4.78 is 0. The molecule has 2 amide bonds. The van der Waals surface area contributed by atoms with Crippen LogP contribution in [0, 0.1) is 0 Å². The maximum atomic E-state index is 11.3. The van der Waals surface area contributed by atoms with Gasteiger partial charge in [-0.3, -0.25) is 14.9 Å². The summed E-state index contributed by atoms with van der Waals surface area (Å²) in [7, 11) is 0. The van der Waals surface area contributed by atoms with Crippen LogP contribution >= 0.6 is 0 Å². The standard InChI is InChI=1S/C14H19N3O2/c1-10(2)15-7-11-3-5-12(6-4-11)17-8-13(18)16-14(19)9-17/h3-6,10,15H,7-9H2,1-2H3,(H,16,18,19). The van der Waals surface area contributed by atoms with E-state index < -0.39 is 0 Å². The highest BCUT2D eigenvalue weighted by Gasteiger charge is 2.22. The van der Waals surface area contributed by atoms with Crippen molar-refractivity contribution in [2.75, 3.05) is 18.0 Å². The first-order valence-electron chi connectivity index (χ1n) is 6.44. The van der Waals surface area contributed by atoms with Gasteiger partial charge in [-0.25, -0.2) is 0 Å². The fourth-order valence-corrected chi connectivity index (χ4v) is 1.97. The largest absolute Gasteiger partial charge is 0.353 e. The van der Waals surface area contributed by atoms with Gasteiger partial charge in [0.25, 0.3) is 0 Å². The summed E-state index contributed by atoms with van der Waals surface area (Å²) >= 11 is 0. The Bertz CT molecular complexity index is 452. The SMILES string of the molecule is CC(C)NCc1ccc(N2CC(=O)NC(=O)C2)cc1. The maximum Gasteiger partial charge on any atom is 0.246 e. The average molecular weight is 261 g/mol. The monoisotopic (exact) mass is 261 g/mol. The zero-order chi connectivity index (χ0) is 13.8. The van der Waals surface area contributed by atoms with Crippen molar-refractivity contribution in [3.8, 4) is 0 Å². The van der Waals surface area contributed by atoms with Crippen LogP contribution in [0.3, 0.4) is 0 Å². The lowest BCUT2D eigenvalue weighted by molar-refractivity contribution is -0.130. The van der Waals surface area contributed by atoms with E-state index >= 15 is 0 Å². The molecule has 0 saturated carbocycles. The average Bonchev–Trinajstić information content (AvgIpc) is 2.36. The number of nitrogens with one attached hydrogen (secondary N) is 2. The summed E-state index contributed by atoms with van der Waals surface area (Å²) in [5.41, 5.74) is 2.08. The number of hydrogen-bond donors (Lipinski definition) is 2. The first kappa shape index (κ1) is 13.5. The highest BCUT2D eigenvalue weighted by molar-refractivity contribution is 6.02. The van der Waals surface area contributed by atoms with Gasteiger partial charge >= 0.3 is 0 Å². The first-order chi connectivity index (χ1) is 9.04. The lowest BCUT2D eigenvalue weighted by atomic mass is 10.1. The van der Waals surface area contributed by atoms with Crippen LogP contribution in [0.25, 0.3) is 0 Å². The van der Waals surface area contributed by atoms with Crippen molar-refractivity contribution in [2.45, 2.75) is 26.4 Å². The molecule has 0 unspecified atom stereocenters. The van der Waals surface area contributed by atoms with Crippen molar-refractivity contribution < 1.29 is 9.59 Å². The maximum absolute atomic E-state index is 11.3. The Labute approximate surface area is 113 Å². The van der Waals surface area contributed by atoms with Crippen LogP contribution in [0.4, 0.5) is 5.69 Å². The summed E-state index contributed by atoms with van der Waals surface area (Å²) in [6.07, 6.45) is 0. The molecule has 2 rings (SSSR count). The number of benzene rings is 1. The van der Waals surface area contributed by atoms with Gasteiger partial charge < -0.3 is 10.2 Å². The second kappa shape index (κ2) is 5.84. The van der Waals surface area contributed by atoms with E-state index in [0.29, 0.717) is 6.04 Å². The van der Waals surface area contributed by atoms with E-state index in [1.54, 1.807) is 4.90 Å². The Morgan fingerprint density at radius 1 is 1.16 bits per heavy atom. The van der Waals surface area contributed by atoms with Crippen molar-refractivity contribution in [1.82, 2.24) is 10.6 Å². The van der Waals surface area contributed by atoms with E-state index in [1.807, 2.05) is 24.3 Å². The lowest BCUT2D eigenvalue weighted by Gasteiger charge is -2.27. The molecule has 1 aromatic rings. The Balaban J connectivity index is 2.01. The van der Waals surface area contributed by atoms with Crippen LogP contribution in [-0.4, -0.2) is 30.9 Å². The van der Waals surface area contributed by atoms with Crippen LogP contribution in [0.2, 0.25) is 0 Å². The molecule has 1 fully saturated rings. The molecule has 0 aromatic heterocycles. The predicted molar refractivity (Wildman–Crippen MR) is 73.8 cm³/mol. The summed E-state index contributed by atoms with van der Waals surface area (Å²) in [5.74, 6) is -0.497. The molecule has 1 heterocycles. The third kappa shape index (κ3) is 3.79. The molecule has 102 valence electrons. The molecule has 0 spiro atoms. The van der Waals surface area contributed by atoms with Gasteiger partial charge in [0, 0.05) is 18.3 Å². The predicted octanol–water partition coefficient (Wildman–Crippen LogP) is 0.647. The minimum Gasteiger partial charge on any atom is -0.353 e. The van der Waals surface area contributed by atoms with Gasteiger partial charge in [0.1, 0.15) is 0 Å². The molecule has 0 aliphatic carbocycles. The van der Waals surface area contributed by atoms with Crippen LogP contribution < -0.4 is 15.5 Å². The second-order valence-electron chi connectivity index (χ2n) is 5.03. The molecule has 0 radical (unpaired) electrons. The van der Waals surface area contributed by atoms with E-state index in [4.69, 9.17) is 0 Å². The van der Waals surface area contributed by atoms with Crippen molar-refractivity contribution in [1.29, 1.82) is 0 Å². The fourth-order valence-electron chi connectivity index (χ4n) is 1.97. The number of carbonyl (C=O) groups is 2. The number of piperazine rings is 1. The van der Waals surface area contributed by atoms with Gasteiger partial charge in [0.05, 0.1) is 13.1 Å². The van der Waals surface area contributed by atoms with Gasteiger partial charge in [0.2, 0.25) is 11.8 Å². The summed E-state index contributed by atoms with van der Waals surface area (Å²) in [6.45, 7) is 5.49. The van der Waals surface area contributed by atoms with Crippen LogP contribution in [0.5, 0.6) is 0 Å². The van der Waals surface area contributed by atoms with Crippen molar-refractivity contribution in [2.24, 2.45) is 0 Å². The van der Waals surface area contributed by atoms with E-state index in [0.717, 1.165) is 12.2 Å². The van der Waals surface area contributed by atoms with Gasteiger partial charge in [0.15, 0.2) is 0 Å². The lowest BCUT2D eigenvalue weighted by Crippen LogP contribution is -2.51. The van der Waals surface area contributed by atoms with Crippen LogP contribution in [-0.2, 0) is 16.1 Å². The van der Waals surface area contributed by atoms with E-state index in [2.05, 4.69) is 24.5 Å². The summed E-state index contributed by atoms with van der Waals surface area (Å²) in [6, 6.07) is 8.37. The number of nitrogens with zero attached hydrogens (tertiary/aromatic N) is 1. The topological polar surface area (TPSA) is 61.4 Å². The van der Waals surface area contributed by atoms with Crippen molar-refractivity contribution in [3.05, 3.63) is 29.8 Å². The zero-order valence-electron chi connectivity index (χ0n) is 11.3. The Hall–Kier alpha value is -1.88. The Kier molecular flexibility index (Phi) is 4.16. The molecule has 2 N–H and O–H groups in total. The van der Waals surface area contributed by atoms with E-state index in [-0.39, 0.29) is 24.9 Å². The van der Waals surface area contributed by atoms with Crippen LogP contribution in [0.1, 0.15) is 19.4 Å². The first-order valence-corrected chi connectivity index (χ1v) is 6.44. The highest BCUT2D eigenvalue weighted by Crippen LogP contribution is 2.16. The number of carbonyl (C=O) groups excluding carboxylic acids is 2. The quantitative estimate of drug-likeness (QED) is 0.781. The second-order valence-corrected chi connectivity index (χ2v) is 5.03. The minimum atomic E-state index is -0.248. The fraction of sp³-hybridized carbons (Fsp3) is 0.429. The third-order valence-corrected chi connectivity index (χ3v) is 2.96. The highest BCUT2D eigenvalue weighted by atomic mass is 16.2. The molecular formula is C14H19N3O2. The number of hydrogen-bond acceptors (Lipinski definition) is 4. The van der Waals surface area contributed by atoms with Crippen molar-refractivity contribution >= 4 is 17.5 Å². The summed E-state index contributed by atoms with van der Waals surface area (Å²) in [5, 5.41) is 5.64. The van der Waals surface area contributed by atoms with E-state index in [9.17, 15) is 9.59 Å². The summed E-state index contributed by atoms with van der Waals surface area (Å²) in [4.78, 5) is 24.4. The molecule has 19 heavy (non-hydrogen) atoms. The number of amides is 2.